The minimum absolute atomic E-state index is 1.26. The molecule has 0 saturated carbocycles. The van der Waals surface area contributed by atoms with E-state index in [1.54, 1.807) is 0 Å². The lowest BCUT2D eigenvalue weighted by atomic mass is 9.84. The van der Waals surface area contributed by atoms with Crippen molar-refractivity contribution in [2.75, 3.05) is 0 Å². The second-order valence-corrected chi connectivity index (χ2v) is 6.69. The Labute approximate surface area is 155 Å². The standard InChI is InChI=1S/C26H22/c1-19-24(21-12-6-3-7-13-21)18-25(22-14-8-4-9-15-22)20(2)26(19)23-16-10-5-11-17-23/h3-18H,1-2H3. The molecule has 126 valence electrons. The predicted molar refractivity (Wildman–Crippen MR) is 112 cm³/mol. The first-order valence-corrected chi connectivity index (χ1v) is 9.06. The Morgan fingerprint density at radius 3 is 1.15 bits per heavy atom. The highest BCUT2D eigenvalue weighted by Crippen LogP contribution is 2.40. The molecule has 0 nitrogen and oxygen atoms in total. The normalized spacial score (nSPS) is 10.7. The van der Waals surface area contributed by atoms with Crippen LogP contribution in [0, 0.1) is 13.8 Å². The van der Waals surface area contributed by atoms with Gasteiger partial charge in [-0.25, -0.2) is 0 Å². The summed E-state index contributed by atoms with van der Waals surface area (Å²) in [5, 5.41) is 0. The van der Waals surface area contributed by atoms with Gasteiger partial charge in [-0.1, -0.05) is 91.0 Å². The maximum Gasteiger partial charge on any atom is -0.0113 e. The molecule has 0 unspecified atom stereocenters. The van der Waals surface area contributed by atoms with Crippen LogP contribution in [0.3, 0.4) is 0 Å². The number of rotatable bonds is 3. The van der Waals surface area contributed by atoms with E-state index >= 15 is 0 Å². The highest BCUT2D eigenvalue weighted by molar-refractivity contribution is 5.88. The Balaban J connectivity index is 2.05. The molecule has 0 heteroatoms. The van der Waals surface area contributed by atoms with Crippen molar-refractivity contribution in [1.29, 1.82) is 0 Å². The second kappa shape index (κ2) is 7.01. The first-order valence-electron chi connectivity index (χ1n) is 9.06. The van der Waals surface area contributed by atoms with Crippen LogP contribution >= 0.6 is 0 Å². The van der Waals surface area contributed by atoms with Crippen LogP contribution in [0.2, 0.25) is 0 Å². The predicted octanol–water partition coefficient (Wildman–Crippen LogP) is 7.30. The average Bonchev–Trinajstić information content (AvgIpc) is 2.70. The van der Waals surface area contributed by atoms with Gasteiger partial charge in [0.15, 0.2) is 0 Å². The van der Waals surface area contributed by atoms with Gasteiger partial charge in [0.1, 0.15) is 0 Å². The topological polar surface area (TPSA) is 0 Å². The van der Waals surface area contributed by atoms with Crippen LogP contribution in [-0.2, 0) is 0 Å². The summed E-state index contributed by atoms with van der Waals surface area (Å²) in [4.78, 5) is 0. The third kappa shape index (κ3) is 2.95. The SMILES string of the molecule is Cc1c(-c2ccccc2)cc(-c2ccccc2)c(C)c1-c1ccccc1. The largest absolute Gasteiger partial charge is 0.0622 e. The molecule has 4 aromatic rings. The van der Waals surface area contributed by atoms with Crippen LogP contribution in [0.15, 0.2) is 97.1 Å². The first-order chi connectivity index (χ1) is 12.8. The highest BCUT2D eigenvalue weighted by atomic mass is 14.2. The van der Waals surface area contributed by atoms with Gasteiger partial charge in [0, 0.05) is 0 Å². The fraction of sp³-hybridized carbons (Fsp3) is 0.0769. The lowest BCUT2D eigenvalue weighted by molar-refractivity contribution is 1.37. The molecule has 0 aliphatic heterocycles. The maximum atomic E-state index is 2.35. The van der Waals surface area contributed by atoms with Crippen LogP contribution in [0.25, 0.3) is 33.4 Å². The molecule has 0 spiro atoms. The van der Waals surface area contributed by atoms with Crippen molar-refractivity contribution in [3.63, 3.8) is 0 Å². The van der Waals surface area contributed by atoms with Gasteiger partial charge in [0.25, 0.3) is 0 Å². The Morgan fingerprint density at radius 1 is 0.423 bits per heavy atom. The molecule has 0 aliphatic carbocycles. The summed E-state index contributed by atoms with van der Waals surface area (Å²) in [5.74, 6) is 0. The van der Waals surface area contributed by atoms with E-state index in [9.17, 15) is 0 Å². The van der Waals surface area contributed by atoms with Crippen molar-refractivity contribution in [3.05, 3.63) is 108 Å². The number of hydrogen-bond donors (Lipinski definition) is 0. The van der Waals surface area contributed by atoms with Gasteiger partial charge >= 0.3 is 0 Å². The van der Waals surface area contributed by atoms with E-state index in [0.717, 1.165) is 0 Å². The van der Waals surface area contributed by atoms with Gasteiger partial charge in [-0.05, 0) is 64.4 Å². The van der Waals surface area contributed by atoms with E-state index < -0.39 is 0 Å². The summed E-state index contributed by atoms with van der Waals surface area (Å²) in [7, 11) is 0. The van der Waals surface area contributed by atoms with Gasteiger partial charge in [-0.2, -0.15) is 0 Å². The zero-order valence-electron chi connectivity index (χ0n) is 15.2. The van der Waals surface area contributed by atoms with Crippen molar-refractivity contribution >= 4 is 0 Å². The molecular weight excluding hydrogens is 312 g/mol. The Hall–Kier alpha value is -3.12. The van der Waals surface area contributed by atoms with Crippen LogP contribution in [-0.4, -0.2) is 0 Å². The second-order valence-electron chi connectivity index (χ2n) is 6.69. The molecule has 0 aliphatic rings. The van der Waals surface area contributed by atoms with Crippen LogP contribution in [0.4, 0.5) is 0 Å². The Bertz CT molecular complexity index is 950. The fourth-order valence-corrected chi connectivity index (χ4v) is 3.78. The van der Waals surface area contributed by atoms with E-state index in [4.69, 9.17) is 0 Å². The molecule has 0 heterocycles. The molecule has 0 N–H and O–H groups in total. The molecule has 0 fully saturated rings. The van der Waals surface area contributed by atoms with Gasteiger partial charge < -0.3 is 0 Å². The first kappa shape index (κ1) is 16.4. The molecule has 0 saturated heterocycles. The van der Waals surface area contributed by atoms with Gasteiger partial charge in [0.05, 0.1) is 0 Å². The van der Waals surface area contributed by atoms with E-state index in [0.29, 0.717) is 0 Å². The molecule has 0 bridgehead atoms. The number of benzene rings is 4. The molecule has 0 aromatic heterocycles. The monoisotopic (exact) mass is 334 g/mol. The van der Waals surface area contributed by atoms with E-state index in [2.05, 4.69) is 111 Å². The smallest absolute Gasteiger partial charge is 0.0113 e. The summed E-state index contributed by atoms with van der Waals surface area (Å²) >= 11 is 0. The molecule has 0 radical (unpaired) electrons. The summed E-state index contributed by atoms with van der Waals surface area (Å²) in [6.07, 6.45) is 0. The van der Waals surface area contributed by atoms with Crippen molar-refractivity contribution in [3.8, 4) is 33.4 Å². The molecule has 4 aromatic carbocycles. The zero-order valence-corrected chi connectivity index (χ0v) is 15.2. The summed E-state index contributed by atoms with van der Waals surface area (Å²) in [6.45, 7) is 4.48. The van der Waals surface area contributed by atoms with Crippen molar-refractivity contribution in [2.24, 2.45) is 0 Å². The minimum atomic E-state index is 1.26. The van der Waals surface area contributed by atoms with Crippen molar-refractivity contribution in [1.82, 2.24) is 0 Å². The van der Waals surface area contributed by atoms with Crippen molar-refractivity contribution < 1.29 is 0 Å². The van der Waals surface area contributed by atoms with Crippen LogP contribution < -0.4 is 0 Å². The maximum absolute atomic E-state index is 2.35. The Kier molecular flexibility index (Phi) is 4.41. The molecule has 0 atom stereocenters. The lowest BCUT2D eigenvalue weighted by Gasteiger charge is -2.19. The number of hydrogen-bond acceptors (Lipinski definition) is 0. The third-order valence-electron chi connectivity index (χ3n) is 5.08. The van der Waals surface area contributed by atoms with E-state index in [-0.39, 0.29) is 0 Å². The minimum Gasteiger partial charge on any atom is -0.0622 e. The van der Waals surface area contributed by atoms with E-state index in [1.165, 1.54) is 44.5 Å². The van der Waals surface area contributed by atoms with Crippen LogP contribution in [0.1, 0.15) is 11.1 Å². The van der Waals surface area contributed by atoms with Gasteiger partial charge in [-0.3, -0.25) is 0 Å². The molecular formula is C26H22. The summed E-state index contributed by atoms with van der Waals surface area (Å²) in [6, 6.07) is 34.4. The summed E-state index contributed by atoms with van der Waals surface area (Å²) < 4.78 is 0. The average molecular weight is 334 g/mol. The molecule has 26 heavy (non-hydrogen) atoms. The lowest BCUT2D eigenvalue weighted by Crippen LogP contribution is -1.96. The van der Waals surface area contributed by atoms with Crippen molar-refractivity contribution in [2.45, 2.75) is 13.8 Å². The zero-order chi connectivity index (χ0) is 17.9. The third-order valence-corrected chi connectivity index (χ3v) is 5.08. The molecule has 0 amide bonds. The van der Waals surface area contributed by atoms with Gasteiger partial charge in [0.2, 0.25) is 0 Å². The van der Waals surface area contributed by atoms with E-state index in [1.807, 2.05) is 0 Å². The Morgan fingerprint density at radius 2 is 0.769 bits per heavy atom. The van der Waals surface area contributed by atoms with Gasteiger partial charge in [-0.15, -0.1) is 0 Å². The quantitative estimate of drug-likeness (QED) is 0.368. The van der Waals surface area contributed by atoms with Crippen LogP contribution in [0.5, 0.6) is 0 Å². The fourth-order valence-electron chi connectivity index (χ4n) is 3.78. The molecule has 4 rings (SSSR count). The summed E-state index contributed by atoms with van der Waals surface area (Å²) in [5.41, 5.74) is 10.4. The highest BCUT2D eigenvalue weighted by Gasteiger charge is 2.16.